The monoisotopic (exact) mass is 502 g/mol. The Morgan fingerprint density at radius 2 is 2.00 bits per heavy atom. The number of halogens is 2. The van der Waals surface area contributed by atoms with Gasteiger partial charge in [-0.25, -0.2) is 19.2 Å². The molecule has 2 aliphatic rings. The minimum Gasteiger partial charge on any atom is -0.445 e. The molecule has 2 fully saturated rings. The zero-order valence-electron chi connectivity index (χ0n) is 19.5. The van der Waals surface area contributed by atoms with Crippen molar-refractivity contribution in [2.75, 3.05) is 18.4 Å². The summed E-state index contributed by atoms with van der Waals surface area (Å²) in [7, 11) is 0. The summed E-state index contributed by atoms with van der Waals surface area (Å²) in [6.07, 6.45) is 3.12. The van der Waals surface area contributed by atoms with Gasteiger partial charge < -0.3 is 15.0 Å². The van der Waals surface area contributed by atoms with Gasteiger partial charge >= 0.3 is 6.09 Å². The largest absolute Gasteiger partial charge is 0.445 e. The molecule has 2 heterocycles. The maximum absolute atomic E-state index is 14.5. The van der Waals surface area contributed by atoms with Crippen LogP contribution in [0, 0.1) is 11.7 Å². The molecular weight excluding hydrogens is 479 g/mol. The van der Waals surface area contributed by atoms with Crippen LogP contribution in [0.5, 0.6) is 0 Å². The smallest absolute Gasteiger partial charge is 0.410 e. The molecule has 1 amide bonds. The van der Waals surface area contributed by atoms with Gasteiger partial charge in [0, 0.05) is 23.9 Å². The highest BCUT2D eigenvalue weighted by Crippen LogP contribution is 2.59. The number of aromatic nitrogens is 2. The Bertz CT molecular complexity index is 1450. The Labute approximate surface area is 213 Å². The topological polar surface area (TPSA) is 67.3 Å². The third-order valence-electron chi connectivity index (χ3n) is 7.33. The predicted octanol–water partition coefficient (Wildman–Crippen LogP) is 6.47. The Hall–Kier alpha value is -3.71. The van der Waals surface area contributed by atoms with Gasteiger partial charge in [0.05, 0.1) is 16.2 Å². The predicted molar refractivity (Wildman–Crippen MR) is 137 cm³/mol. The van der Waals surface area contributed by atoms with E-state index >= 15 is 0 Å². The summed E-state index contributed by atoms with van der Waals surface area (Å²) < 4.78 is 20.1. The van der Waals surface area contributed by atoms with Gasteiger partial charge in [-0.15, -0.1) is 0 Å². The maximum atomic E-state index is 14.5. The summed E-state index contributed by atoms with van der Waals surface area (Å²) in [4.78, 5) is 23.4. The van der Waals surface area contributed by atoms with E-state index in [-0.39, 0.29) is 28.8 Å². The van der Waals surface area contributed by atoms with E-state index in [0.29, 0.717) is 24.8 Å². The number of likely N-dealkylation sites (tertiary alicyclic amines) is 1. The first kappa shape index (κ1) is 22.7. The van der Waals surface area contributed by atoms with E-state index in [0.717, 1.165) is 34.9 Å². The van der Waals surface area contributed by atoms with Crippen LogP contribution in [0.25, 0.3) is 10.9 Å². The molecule has 3 aromatic carbocycles. The molecule has 2 atom stereocenters. The van der Waals surface area contributed by atoms with Gasteiger partial charge in [-0.3, -0.25) is 0 Å². The number of fused-ring (bicyclic) bond motifs is 2. The SMILES string of the molecule is O=C(OCc1ccccc1)N1CCC2CC2(c2ccc3ncnc(Nc4cccc(Cl)c4F)c3c2)C1. The third-order valence-corrected chi connectivity index (χ3v) is 7.62. The van der Waals surface area contributed by atoms with Crippen LogP contribution in [0.3, 0.4) is 0 Å². The Balaban J connectivity index is 1.25. The summed E-state index contributed by atoms with van der Waals surface area (Å²) in [5.41, 5.74) is 2.98. The van der Waals surface area contributed by atoms with Crippen molar-refractivity contribution >= 4 is 40.1 Å². The van der Waals surface area contributed by atoms with Crippen molar-refractivity contribution in [3.63, 3.8) is 0 Å². The lowest BCUT2D eigenvalue weighted by Gasteiger charge is -2.32. The summed E-state index contributed by atoms with van der Waals surface area (Å²) in [6, 6.07) is 20.6. The second kappa shape index (κ2) is 9.06. The second-order valence-electron chi connectivity index (χ2n) is 9.49. The van der Waals surface area contributed by atoms with Gasteiger partial charge in [0.1, 0.15) is 18.8 Å². The van der Waals surface area contributed by atoms with E-state index in [2.05, 4.69) is 27.4 Å². The Morgan fingerprint density at radius 3 is 2.86 bits per heavy atom. The number of nitrogens with zero attached hydrogens (tertiary/aromatic N) is 3. The standard InChI is InChI=1S/C28H24ClFN4O2/c29-22-7-4-8-24(25(22)30)33-26-21-13-19(9-10-23(21)31-17-32-26)28-14-20(28)11-12-34(16-28)27(35)36-15-18-5-2-1-3-6-18/h1-10,13,17,20H,11-12,14-16H2,(H,31,32,33). The van der Waals surface area contributed by atoms with Crippen molar-refractivity contribution in [3.8, 4) is 0 Å². The average molecular weight is 503 g/mol. The van der Waals surface area contributed by atoms with Gasteiger partial charge in [-0.05, 0) is 54.2 Å². The molecule has 4 aromatic rings. The van der Waals surface area contributed by atoms with E-state index in [1.165, 1.54) is 12.4 Å². The number of anilines is 2. The zero-order chi connectivity index (χ0) is 24.7. The lowest BCUT2D eigenvalue weighted by Crippen LogP contribution is -2.42. The fraction of sp³-hybridized carbons (Fsp3) is 0.250. The minimum absolute atomic E-state index is 0.0419. The molecule has 1 saturated heterocycles. The van der Waals surface area contributed by atoms with E-state index in [1.54, 1.807) is 12.1 Å². The van der Waals surface area contributed by atoms with Crippen LogP contribution in [0.15, 0.2) is 73.1 Å². The fourth-order valence-corrected chi connectivity index (χ4v) is 5.46. The normalized spacial score (nSPS) is 20.6. The van der Waals surface area contributed by atoms with Gasteiger partial charge in [-0.1, -0.05) is 54.1 Å². The molecule has 0 radical (unpaired) electrons. The highest BCUT2D eigenvalue weighted by molar-refractivity contribution is 6.31. The first-order valence-corrected chi connectivity index (χ1v) is 12.3. The first-order chi connectivity index (χ1) is 17.5. The number of benzene rings is 3. The number of carbonyl (C=O) groups excluding carboxylic acids is 1. The number of carbonyl (C=O) groups is 1. The number of hydrogen-bond acceptors (Lipinski definition) is 5. The van der Waals surface area contributed by atoms with Crippen molar-refractivity contribution in [1.29, 1.82) is 0 Å². The van der Waals surface area contributed by atoms with Crippen molar-refractivity contribution in [2.24, 2.45) is 5.92 Å². The van der Waals surface area contributed by atoms with E-state index in [9.17, 15) is 9.18 Å². The molecule has 182 valence electrons. The third kappa shape index (κ3) is 4.13. The van der Waals surface area contributed by atoms with Gasteiger partial charge in [0.2, 0.25) is 0 Å². The number of ether oxygens (including phenoxy) is 1. The van der Waals surface area contributed by atoms with Crippen molar-refractivity contribution in [3.05, 3.63) is 95.0 Å². The summed E-state index contributed by atoms with van der Waals surface area (Å²) in [5, 5.41) is 3.91. The van der Waals surface area contributed by atoms with Crippen molar-refractivity contribution in [2.45, 2.75) is 24.9 Å². The molecule has 1 aliphatic carbocycles. The Kier molecular flexibility index (Phi) is 5.72. The summed E-state index contributed by atoms with van der Waals surface area (Å²) in [5.74, 6) is 0.492. The van der Waals surface area contributed by atoms with Gasteiger partial charge in [0.25, 0.3) is 0 Å². The average Bonchev–Trinajstić information content (AvgIpc) is 3.66. The molecule has 36 heavy (non-hydrogen) atoms. The quantitative estimate of drug-likeness (QED) is 0.339. The minimum atomic E-state index is -0.528. The summed E-state index contributed by atoms with van der Waals surface area (Å²) >= 11 is 5.96. The molecule has 1 aromatic heterocycles. The number of nitrogens with one attached hydrogen (secondary N) is 1. The number of rotatable bonds is 5. The van der Waals surface area contributed by atoms with E-state index in [4.69, 9.17) is 16.3 Å². The van der Waals surface area contributed by atoms with E-state index < -0.39 is 5.82 Å². The second-order valence-corrected chi connectivity index (χ2v) is 9.90. The number of piperidine rings is 1. The van der Waals surface area contributed by atoms with Gasteiger partial charge in [0.15, 0.2) is 5.82 Å². The Morgan fingerprint density at radius 1 is 1.14 bits per heavy atom. The number of amides is 1. The first-order valence-electron chi connectivity index (χ1n) is 12.0. The maximum Gasteiger partial charge on any atom is 0.410 e. The lowest BCUT2D eigenvalue weighted by molar-refractivity contribution is 0.0845. The molecule has 6 rings (SSSR count). The van der Waals surface area contributed by atoms with Crippen LogP contribution in [0.4, 0.5) is 20.7 Å². The highest BCUT2D eigenvalue weighted by atomic mass is 35.5. The molecule has 6 nitrogen and oxygen atoms in total. The van der Waals surface area contributed by atoms with Crippen LogP contribution >= 0.6 is 11.6 Å². The molecule has 1 saturated carbocycles. The van der Waals surface area contributed by atoms with Crippen LogP contribution in [0.2, 0.25) is 5.02 Å². The van der Waals surface area contributed by atoms with Crippen LogP contribution in [0.1, 0.15) is 24.0 Å². The van der Waals surface area contributed by atoms with Crippen LogP contribution in [-0.4, -0.2) is 34.1 Å². The van der Waals surface area contributed by atoms with Gasteiger partial charge in [-0.2, -0.15) is 0 Å². The summed E-state index contributed by atoms with van der Waals surface area (Å²) in [6.45, 7) is 1.56. The molecule has 8 heteroatoms. The van der Waals surface area contributed by atoms with Crippen LogP contribution in [-0.2, 0) is 16.8 Å². The molecule has 2 unspecified atom stereocenters. The molecule has 0 bridgehead atoms. The molecule has 1 N–H and O–H groups in total. The lowest BCUT2D eigenvalue weighted by atomic mass is 9.88. The van der Waals surface area contributed by atoms with Crippen molar-refractivity contribution in [1.82, 2.24) is 14.9 Å². The molecular formula is C28H24ClFN4O2. The fourth-order valence-electron chi connectivity index (χ4n) is 5.29. The van der Waals surface area contributed by atoms with Crippen LogP contribution < -0.4 is 5.32 Å². The molecule has 1 aliphatic heterocycles. The van der Waals surface area contributed by atoms with Crippen molar-refractivity contribution < 1.29 is 13.9 Å². The zero-order valence-corrected chi connectivity index (χ0v) is 20.2. The number of hydrogen-bond donors (Lipinski definition) is 1. The highest BCUT2D eigenvalue weighted by Gasteiger charge is 2.58. The molecule has 0 spiro atoms. The van der Waals surface area contributed by atoms with E-state index in [1.807, 2.05) is 41.3 Å².